The third-order valence-corrected chi connectivity index (χ3v) is 3.94. The van der Waals surface area contributed by atoms with Crippen LogP contribution in [0.4, 0.5) is 11.4 Å². The molecule has 1 aliphatic heterocycles. The van der Waals surface area contributed by atoms with Crippen LogP contribution in [0.1, 0.15) is 17.3 Å². The summed E-state index contributed by atoms with van der Waals surface area (Å²) in [6, 6.07) is 5.51. The van der Waals surface area contributed by atoms with Gasteiger partial charge in [0.25, 0.3) is 17.5 Å². The first kappa shape index (κ1) is 18.3. The van der Waals surface area contributed by atoms with Crippen molar-refractivity contribution >= 4 is 40.5 Å². The van der Waals surface area contributed by atoms with E-state index in [-0.39, 0.29) is 27.7 Å². The first-order valence-electron chi connectivity index (χ1n) is 7.56. The summed E-state index contributed by atoms with van der Waals surface area (Å²) in [4.78, 5) is 38.8. The zero-order chi connectivity index (χ0) is 19.6. The number of aromatic nitrogens is 1. The number of hydrogen-bond acceptors (Lipinski definition) is 8. The Hall–Kier alpha value is -3.53. The zero-order valence-corrected chi connectivity index (χ0v) is 14.6. The first-order chi connectivity index (χ1) is 12.9. The molecular weight excluding hydrogens is 376 g/mol. The van der Waals surface area contributed by atoms with Crippen LogP contribution in [-0.4, -0.2) is 38.5 Å². The van der Waals surface area contributed by atoms with Crippen LogP contribution in [-0.2, 0) is 4.79 Å². The second-order valence-electron chi connectivity index (χ2n) is 5.44. The lowest BCUT2D eigenvalue weighted by atomic mass is 10.2. The van der Waals surface area contributed by atoms with Crippen LogP contribution in [0.25, 0.3) is 0 Å². The predicted molar refractivity (Wildman–Crippen MR) is 94.9 cm³/mol. The van der Waals surface area contributed by atoms with Crippen molar-refractivity contribution in [3.8, 4) is 0 Å². The SMILES string of the molecule is CC1=NN(C(=O)c2ccncc2)C(=O)[C@H]1N=Nc1ccc([N+](=O)[O-])cc1Cl. The molecule has 27 heavy (non-hydrogen) atoms. The molecule has 1 aromatic heterocycles. The molecule has 0 fully saturated rings. The van der Waals surface area contributed by atoms with E-state index in [1.54, 1.807) is 6.92 Å². The van der Waals surface area contributed by atoms with E-state index in [1.165, 1.54) is 36.7 Å². The minimum atomic E-state index is -1.08. The Morgan fingerprint density at radius 3 is 2.63 bits per heavy atom. The summed E-state index contributed by atoms with van der Waals surface area (Å²) < 4.78 is 0. The second kappa shape index (κ2) is 7.38. The number of nitro groups is 1. The number of rotatable bonds is 4. The van der Waals surface area contributed by atoms with E-state index in [1.807, 2.05) is 0 Å². The summed E-state index contributed by atoms with van der Waals surface area (Å²) >= 11 is 5.95. The molecule has 1 aromatic carbocycles. The molecule has 0 saturated heterocycles. The van der Waals surface area contributed by atoms with E-state index in [4.69, 9.17) is 11.6 Å². The van der Waals surface area contributed by atoms with Crippen molar-refractivity contribution < 1.29 is 14.5 Å². The lowest BCUT2D eigenvalue weighted by Gasteiger charge is -2.10. The normalized spacial score (nSPS) is 16.7. The van der Waals surface area contributed by atoms with Gasteiger partial charge in [-0.05, 0) is 25.1 Å². The average molecular weight is 387 g/mol. The number of halogens is 1. The van der Waals surface area contributed by atoms with Crippen LogP contribution in [0.5, 0.6) is 0 Å². The molecule has 2 heterocycles. The molecule has 0 spiro atoms. The fraction of sp³-hybridized carbons (Fsp3) is 0.125. The zero-order valence-electron chi connectivity index (χ0n) is 13.8. The standard InChI is InChI=1S/C16H11ClN6O4/c1-9-14(20-19-13-3-2-11(23(26)27)8-12(13)17)16(25)22(21-9)15(24)10-4-6-18-7-5-10/h2-8,14H,1H3/t14-/m0/s1. The maximum Gasteiger partial charge on any atom is 0.282 e. The van der Waals surface area contributed by atoms with E-state index >= 15 is 0 Å². The molecule has 0 N–H and O–H groups in total. The van der Waals surface area contributed by atoms with E-state index in [2.05, 4.69) is 20.3 Å². The number of carbonyl (C=O) groups excluding carboxylic acids is 2. The van der Waals surface area contributed by atoms with Crippen LogP contribution in [0.2, 0.25) is 5.02 Å². The number of amides is 2. The van der Waals surface area contributed by atoms with Crippen LogP contribution in [0.3, 0.4) is 0 Å². The molecule has 11 heteroatoms. The maximum atomic E-state index is 12.5. The Labute approximate surface area is 157 Å². The van der Waals surface area contributed by atoms with Gasteiger partial charge in [-0.1, -0.05) is 11.6 Å². The lowest BCUT2D eigenvalue weighted by Crippen LogP contribution is -2.34. The summed E-state index contributed by atoms with van der Waals surface area (Å²) in [7, 11) is 0. The second-order valence-corrected chi connectivity index (χ2v) is 5.85. The fourth-order valence-electron chi connectivity index (χ4n) is 2.26. The summed E-state index contributed by atoms with van der Waals surface area (Å²) in [6.07, 6.45) is 2.86. The van der Waals surface area contributed by atoms with Gasteiger partial charge in [0.05, 0.1) is 15.7 Å². The van der Waals surface area contributed by atoms with Crippen molar-refractivity contribution in [1.29, 1.82) is 0 Å². The number of nitrogens with zero attached hydrogens (tertiary/aromatic N) is 6. The van der Waals surface area contributed by atoms with Gasteiger partial charge in [-0.2, -0.15) is 20.3 Å². The Morgan fingerprint density at radius 1 is 1.30 bits per heavy atom. The van der Waals surface area contributed by atoms with Gasteiger partial charge in [-0.15, -0.1) is 0 Å². The third-order valence-electron chi connectivity index (χ3n) is 3.64. The highest BCUT2D eigenvalue weighted by molar-refractivity contribution is 6.33. The number of nitro benzene ring substituents is 1. The van der Waals surface area contributed by atoms with E-state index < -0.39 is 22.8 Å². The van der Waals surface area contributed by atoms with E-state index in [0.29, 0.717) is 0 Å². The number of non-ortho nitro benzene ring substituents is 1. The molecule has 0 saturated carbocycles. The van der Waals surface area contributed by atoms with Gasteiger partial charge in [0.1, 0.15) is 5.69 Å². The third kappa shape index (κ3) is 3.70. The van der Waals surface area contributed by atoms with Crippen LogP contribution < -0.4 is 0 Å². The number of hydrazone groups is 1. The van der Waals surface area contributed by atoms with Crippen molar-refractivity contribution in [2.75, 3.05) is 0 Å². The van der Waals surface area contributed by atoms with E-state index in [9.17, 15) is 19.7 Å². The largest absolute Gasteiger partial charge is 0.282 e. The molecule has 0 aliphatic carbocycles. The average Bonchev–Trinajstić information content (AvgIpc) is 2.94. The highest BCUT2D eigenvalue weighted by Gasteiger charge is 2.38. The number of carbonyl (C=O) groups is 2. The van der Waals surface area contributed by atoms with Crippen LogP contribution >= 0.6 is 11.6 Å². The first-order valence-corrected chi connectivity index (χ1v) is 7.94. The van der Waals surface area contributed by atoms with Gasteiger partial charge in [-0.3, -0.25) is 24.7 Å². The minimum Gasteiger partial charge on any atom is -0.269 e. The number of azo groups is 1. The number of benzene rings is 1. The van der Waals surface area contributed by atoms with Gasteiger partial charge in [-0.25, -0.2) is 0 Å². The molecule has 1 atom stereocenters. The Kier molecular flexibility index (Phi) is 4.99. The van der Waals surface area contributed by atoms with Crippen molar-refractivity contribution in [1.82, 2.24) is 9.99 Å². The molecule has 3 rings (SSSR count). The summed E-state index contributed by atoms with van der Waals surface area (Å²) in [5.74, 6) is -1.26. The van der Waals surface area contributed by atoms with E-state index in [0.717, 1.165) is 11.1 Å². The Balaban J connectivity index is 1.80. The molecular formula is C16H11ClN6O4. The van der Waals surface area contributed by atoms with Crippen molar-refractivity contribution in [3.05, 3.63) is 63.4 Å². The highest BCUT2D eigenvalue weighted by atomic mass is 35.5. The van der Waals surface area contributed by atoms with Crippen LogP contribution in [0.15, 0.2) is 58.1 Å². The van der Waals surface area contributed by atoms with Crippen molar-refractivity contribution in [2.45, 2.75) is 13.0 Å². The molecule has 1 aliphatic rings. The quantitative estimate of drug-likeness (QED) is 0.344. The van der Waals surface area contributed by atoms with Crippen molar-refractivity contribution in [3.63, 3.8) is 0 Å². The molecule has 0 bridgehead atoms. The molecule has 0 unspecified atom stereocenters. The van der Waals surface area contributed by atoms with Gasteiger partial charge in [0.15, 0.2) is 6.04 Å². The number of imide groups is 1. The van der Waals surface area contributed by atoms with Gasteiger partial charge in [0, 0.05) is 30.1 Å². The molecule has 2 aromatic rings. The number of hydrogen-bond donors (Lipinski definition) is 0. The Morgan fingerprint density at radius 2 is 2.00 bits per heavy atom. The minimum absolute atomic E-state index is 0.0118. The summed E-state index contributed by atoms with van der Waals surface area (Å²) in [5, 5.41) is 23.2. The Bertz CT molecular complexity index is 992. The summed E-state index contributed by atoms with van der Waals surface area (Å²) in [5.41, 5.74) is 0.500. The fourth-order valence-corrected chi connectivity index (χ4v) is 2.47. The molecule has 2 amide bonds. The van der Waals surface area contributed by atoms with Crippen LogP contribution in [0, 0.1) is 10.1 Å². The number of pyridine rings is 1. The van der Waals surface area contributed by atoms with Gasteiger partial charge >= 0.3 is 0 Å². The molecule has 0 radical (unpaired) electrons. The molecule has 10 nitrogen and oxygen atoms in total. The predicted octanol–water partition coefficient (Wildman–Crippen LogP) is 3.15. The summed E-state index contributed by atoms with van der Waals surface area (Å²) in [6.45, 7) is 1.54. The maximum absolute atomic E-state index is 12.5. The van der Waals surface area contributed by atoms with Gasteiger partial charge in [0.2, 0.25) is 0 Å². The van der Waals surface area contributed by atoms with Crippen molar-refractivity contribution in [2.24, 2.45) is 15.3 Å². The lowest BCUT2D eigenvalue weighted by molar-refractivity contribution is -0.384. The van der Waals surface area contributed by atoms with Gasteiger partial charge < -0.3 is 0 Å². The monoisotopic (exact) mass is 386 g/mol. The molecule has 136 valence electrons. The highest BCUT2D eigenvalue weighted by Crippen LogP contribution is 2.30. The topological polar surface area (TPSA) is 130 Å². The smallest absolute Gasteiger partial charge is 0.269 e.